The van der Waals surface area contributed by atoms with Crippen molar-refractivity contribution in [3.8, 4) is 5.75 Å². The number of carboxylic acid groups (broad SMARTS) is 1. The fourth-order valence-corrected chi connectivity index (χ4v) is 5.33. The van der Waals surface area contributed by atoms with Gasteiger partial charge in [-0.25, -0.2) is 4.79 Å². The molecule has 1 aliphatic carbocycles. The number of para-hydroxylation sites is 1. The number of thioether (sulfide) groups is 1. The second-order valence-electron chi connectivity index (χ2n) is 7.00. The first-order valence-electron chi connectivity index (χ1n) is 8.43. The Hall–Kier alpha value is -1.69. The molecule has 128 valence electrons. The van der Waals surface area contributed by atoms with Crippen LogP contribution in [0.5, 0.6) is 5.75 Å². The van der Waals surface area contributed by atoms with Crippen molar-refractivity contribution < 1.29 is 19.4 Å². The summed E-state index contributed by atoms with van der Waals surface area (Å²) in [6, 6.07) is 7.89. The molecule has 0 bridgehead atoms. The number of ether oxygens (including phenoxy) is 1. The maximum absolute atomic E-state index is 12.8. The number of hydrogen-bond acceptors (Lipinski definition) is 4. The topological polar surface area (TPSA) is 75.6 Å². The van der Waals surface area contributed by atoms with Gasteiger partial charge < -0.3 is 15.2 Å². The molecule has 2 aliphatic heterocycles. The number of carbonyl (C=O) groups is 2. The van der Waals surface area contributed by atoms with E-state index in [1.54, 1.807) is 11.8 Å². The number of aliphatic carboxylic acids is 1. The van der Waals surface area contributed by atoms with Crippen molar-refractivity contribution in [3.63, 3.8) is 0 Å². The van der Waals surface area contributed by atoms with Gasteiger partial charge in [0.1, 0.15) is 11.3 Å². The van der Waals surface area contributed by atoms with Gasteiger partial charge >= 0.3 is 5.97 Å². The maximum atomic E-state index is 12.8. The van der Waals surface area contributed by atoms with Gasteiger partial charge in [-0.15, -0.1) is 0 Å². The second kappa shape index (κ2) is 5.69. The lowest BCUT2D eigenvalue weighted by molar-refractivity contribution is -0.148. The largest absolute Gasteiger partial charge is 0.493 e. The van der Waals surface area contributed by atoms with E-state index >= 15 is 0 Å². The number of amides is 1. The summed E-state index contributed by atoms with van der Waals surface area (Å²) >= 11 is 1.75. The molecule has 0 unspecified atom stereocenters. The summed E-state index contributed by atoms with van der Waals surface area (Å²) in [6.07, 6.45) is 2.60. The van der Waals surface area contributed by atoms with Crippen LogP contribution < -0.4 is 10.1 Å². The molecule has 0 radical (unpaired) electrons. The van der Waals surface area contributed by atoms with Crippen molar-refractivity contribution in [1.29, 1.82) is 0 Å². The van der Waals surface area contributed by atoms with E-state index in [0.29, 0.717) is 19.4 Å². The van der Waals surface area contributed by atoms with E-state index in [1.165, 1.54) is 0 Å². The van der Waals surface area contributed by atoms with Crippen molar-refractivity contribution in [2.75, 3.05) is 18.1 Å². The van der Waals surface area contributed by atoms with Crippen molar-refractivity contribution in [1.82, 2.24) is 5.32 Å². The molecule has 1 amide bonds. The molecule has 2 heterocycles. The maximum Gasteiger partial charge on any atom is 0.329 e. The lowest BCUT2D eigenvalue weighted by atomic mass is 9.86. The van der Waals surface area contributed by atoms with Crippen LogP contribution in [0.2, 0.25) is 0 Å². The number of nitrogens with one attached hydrogen (secondary N) is 1. The molecule has 3 aliphatic rings. The van der Waals surface area contributed by atoms with Gasteiger partial charge in [-0.3, -0.25) is 4.79 Å². The molecule has 6 heteroatoms. The third-order valence-corrected chi connectivity index (χ3v) is 6.72. The SMILES string of the molecule is O=C(NC1(C(=O)O)CCSCC1)[C@@H]1C[C@]12CCOc1ccccc12. The molecular weight excluding hydrogens is 326 g/mol. The van der Waals surface area contributed by atoms with E-state index in [1.807, 2.05) is 24.3 Å². The predicted molar refractivity (Wildman–Crippen MR) is 91.4 cm³/mol. The zero-order valence-electron chi connectivity index (χ0n) is 13.4. The Morgan fingerprint density at radius 1 is 1.21 bits per heavy atom. The molecule has 2 fully saturated rings. The van der Waals surface area contributed by atoms with Crippen LogP contribution in [0.4, 0.5) is 0 Å². The van der Waals surface area contributed by atoms with Gasteiger partial charge in [0.15, 0.2) is 0 Å². The Bertz CT molecular complexity index is 685. The Morgan fingerprint density at radius 2 is 1.96 bits per heavy atom. The van der Waals surface area contributed by atoms with Gasteiger partial charge in [0.2, 0.25) is 5.91 Å². The second-order valence-corrected chi connectivity index (χ2v) is 8.22. The lowest BCUT2D eigenvalue weighted by Crippen LogP contribution is -2.57. The average molecular weight is 347 g/mol. The Balaban J connectivity index is 1.54. The highest BCUT2D eigenvalue weighted by atomic mass is 32.2. The molecule has 1 saturated heterocycles. The minimum atomic E-state index is -1.09. The van der Waals surface area contributed by atoms with Crippen molar-refractivity contribution in [3.05, 3.63) is 29.8 Å². The third-order valence-electron chi connectivity index (χ3n) is 5.74. The van der Waals surface area contributed by atoms with Gasteiger partial charge in [-0.1, -0.05) is 18.2 Å². The Labute approximate surface area is 145 Å². The third kappa shape index (κ3) is 2.39. The van der Waals surface area contributed by atoms with E-state index in [9.17, 15) is 14.7 Å². The van der Waals surface area contributed by atoms with Gasteiger partial charge in [0.25, 0.3) is 0 Å². The summed E-state index contributed by atoms with van der Waals surface area (Å²) in [6.45, 7) is 0.613. The number of hydrogen-bond donors (Lipinski definition) is 2. The van der Waals surface area contributed by atoms with Crippen molar-refractivity contribution in [2.24, 2.45) is 5.92 Å². The predicted octanol–water partition coefficient (Wildman–Crippen LogP) is 2.19. The summed E-state index contributed by atoms with van der Waals surface area (Å²) < 4.78 is 5.71. The van der Waals surface area contributed by atoms with Crippen LogP contribution in [0.1, 0.15) is 31.2 Å². The van der Waals surface area contributed by atoms with Crippen molar-refractivity contribution in [2.45, 2.75) is 36.6 Å². The van der Waals surface area contributed by atoms with E-state index in [4.69, 9.17) is 4.74 Å². The standard InChI is InChI=1S/C18H21NO4S/c20-15(19-18(16(21)22)6-9-24-10-7-18)13-11-17(13)5-8-23-14-4-2-1-3-12(14)17/h1-4,13H,5-11H2,(H,19,20)(H,21,22)/t13-,17-/m0/s1. The minimum Gasteiger partial charge on any atom is -0.493 e. The van der Waals surface area contributed by atoms with Crippen LogP contribution in [0.3, 0.4) is 0 Å². The first kappa shape index (κ1) is 15.8. The van der Waals surface area contributed by atoms with E-state index in [-0.39, 0.29) is 17.2 Å². The summed E-state index contributed by atoms with van der Waals surface area (Å²) in [5.74, 6) is 1.26. The van der Waals surface area contributed by atoms with Crippen LogP contribution in [0.15, 0.2) is 24.3 Å². The van der Waals surface area contributed by atoms with Crippen LogP contribution in [0, 0.1) is 5.92 Å². The molecule has 2 N–H and O–H groups in total. The number of fused-ring (bicyclic) bond motifs is 2. The fraction of sp³-hybridized carbons (Fsp3) is 0.556. The lowest BCUT2D eigenvalue weighted by Gasteiger charge is -2.34. The van der Waals surface area contributed by atoms with Gasteiger partial charge in [0, 0.05) is 16.9 Å². The number of carboxylic acids is 1. The summed E-state index contributed by atoms with van der Waals surface area (Å²) in [5.41, 5.74) is -0.154. The molecule has 4 rings (SSSR count). The quantitative estimate of drug-likeness (QED) is 0.877. The molecular formula is C18H21NO4S. The fourth-order valence-electron chi connectivity index (χ4n) is 4.14. The zero-order chi connectivity index (χ0) is 16.8. The first-order valence-corrected chi connectivity index (χ1v) is 9.58. The number of benzene rings is 1. The molecule has 2 atom stereocenters. The molecule has 1 saturated carbocycles. The minimum absolute atomic E-state index is 0.110. The van der Waals surface area contributed by atoms with Crippen LogP contribution in [0.25, 0.3) is 0 Å². The first-order chi connectivity index (χ1) is 11.6. The Morgan fingerprint density at radius 3 is 2.71 bits per heavy atom. The van der Waals surface area contributed by atoms with Gasteiger partial charge in [0.05, 0.1) is 6.61 Å². The average Bonchev–Trinajstić information content (AvgIpc) is 3.31. The zero-order valence-corrected chi connectivity index (χ0v) is 14.2. The van der Waals surface area contributed by atoms with E-state index < -0.39 is 11.5 Å². The van der Waals surface area contributed by atoms with Crippen LogP contribution >= 0.6 is 11.8 Å². The molecule has 24 heavy (non-hydrogen) atoms. The Kier molecular flexibility index (Phi) is 3.75. The van der Waals surface area contributed by atoms with Gasteiger partial charge in [-0.05, 0) is 43.3 Å². The van der Waals surface area contributed by atoms with Crippen LogP contribution in [-0.2, 0) is 15.0 Å². The molecule has 1 spiro atoms. The van der Waals surface area contributed by atoms with E-state index in [0.717, 1.165) is 35.7 Å². The summed E-state index contributed by atoms with van der Waals surface area (Å²) in [5, 5.41) is 12.6. The summed E-state index contributed by atoms with van der Waals surface area (Å²) in [4.78, 5) is 24.6. The number of rotatable bonds is 3. The van der Waals surface area contributed by atoms with E-state index in [2.05, 4.69) is 5.32 Å². The normalized spacial score (nSPS) is 30.1. The summed E-state index contributed by atoms with van der Waals surface area (Å²) in [7, 11) is 0. The highest BCUT2D eigenvalue weighted by Crippen LogP contribution is 2.60. The van der Waals surface area contributed by atoms with Gasteiger partial charge in [-0.2, -0.15) is 11.8 Å². The smallest absolute Gasteiger partial charge is 0.329 e. The highest BCUT2D eigenvalue weighted by Gasteiger charge is 2.62. The molecule has 5 nitrogen and oxygen atoms in total. The molecule has 1 aromatic rings. The molecule has 1 aromatic carbocycles. The van der Waals surface area contributed by atoms with Crippen molar-refractivity contribution >= 4 is 23.6 Å². The highest BCUT2D eigenvalue weighted by molar-refractivity contribution is 7.99. The number of carbonyl (C=O) groups excluding carboxylic acids is 1. The monoisotopic (exact) mass is 347 g/mol. The van der Waals surface area contributed by atoms with Crippen LogP contribution in [-0.4, -0.2) is 40.6 Å². The molecule has 0 aromatic heterocycles.